The van der Waals surface area contributed by atoms with Crippen LogP contribution in [0.1, 0.15) is 0 Å². The number of carbonyl (C=O) groups is 1. The molecule has 1 saturated heterocycles. The Labute approximate surface area is 166 Å². The van der Waals surface area contributed by atoms with Gasteiger partial charge >= 0.3 is 5.69 Å². The summed E-state index contributed by atoms with van der Waals surface area (Å²) in [5.41, 5.74) is 1.71. The minimum Gasteiger partial charge on any atom is -0.367 e. The molecule has 1 aliphatic heterocycles. The number of hydrogen-bond donors (Lipinski definition) is 1. The van der Waals surface area contributed by atoms with Crippen LogP contribution in [0.3, 0.4) is 0 Å². The highest BCUT2D eigenvalue weighted by atomic mass is 35.5. The van der Waals surface area contributed by atoms with Gasteiger partial charge in [-0.2, -0.15) is 0 Å². The van der Waals surface area contributed by atoms with Gasteiger partial charge < -0.3 is 15.1 Å². The number of aromatic nitrogens is 3. The lowest BCUT2D eigenvalue weighted by Gasteiger charge is -2.35. The highest BCUT2D eigenvalue weighted by Gasteiger charge is 2.19. The van der Waals surface area contributed by atoms with Crippen LogP contribution in [0.25, 0.3) is 5.65 Å². The van der Waals surface area contributed by atoms with Gasteiger partial charge in [0.25, 0.3) is 0 Å². The third-order valence-corrected chi connectivity index (χ3v) is 5.09. The Hall–Kier alpha value is -2.84. The summed E-state index contributed by atoms with van der Waals surface area (Å²) in [4.78, 5) is 29.5. The van der Waals surface area contributed by atoms with E-state index >= 15 is 0 Å². The van der Waals surface area contributed by atoms with E-state index in [1.807, 2.05) is 12.1 Å². The van der Waals surface area contributed by atoms with Crippen molar-refractivity contribution in [3.8, 4) is 0 Å². The summed E-state index contributed by atoms with van der Waals surface area (Å²) >= 11 is 6.15. The van der Waals surface area contributed by atoms with E-state index in [1.54, 1.807) is 30.5 Å². The Morgan fingerprint density at radius 1 is 1.18 bits per heavy atom. The third kappa shape index (κ3) is 3.74. The number of nitrogens with one attached hydrogen (secondary N) is 1. The van der Waals surface area contributed by atoms with Gasteiger partial charge in [0.2, 0.25) is 5.91 Å². The van der Waals surface area contributed by atoms with Crippen LogP contribution in [0, 0.1) is 0 Å². The average Bonchev–Trinajstić information content (AvgIpc) is 2.99. The number of likely N-dealkylation sites (N-methyl/N-ethyl adjacent to an activating group) is 1. The monoisotopic (exact) mass is 400 g/mol. The number of carbonyl (C=O) groups excluding carboxylic acids is 1. The molecule has 0 spiro atoms. The van der Waals surface area contributed by atoms with Gasteiger partial charge in [-0.05, 0) is 37.4 Å². The molecular weight excluding hydrogens is 380 g/mol. The first-order valence-electron chi connectivity index (χ1n) is 9.08. The van der Waals surface area contributed by atoms with Gasteiger partial charge in [-0.1, -0.05) is 17.7 Å². The Balaban J connectivity index is 1.54. The summed E-state index contributed by atoms with van der Waals surface area (Å²) in [7, 11) is 2.09. The van der Waals surface area contributed by atoms with E-state index in [0.29, 0.717) is 16.4 Å². The first kappa shape index (κ1) is 18.5. The molecule has 9 heteroatoms. The summed E-state index contributed by atoms with van der Waals surface area (Å²) < 4.78 is 2.56. The van der Waals surface area contributed by atoms with Gasteiger partial charge in [0.05, 0.1) is 11.4 Å². The molecule has 146 valence electrons. The minimum absolute atomic E-state index is 0.171. The van der Waals surface area contributed by atoms with Crippen molar-refractivity contribution in [1.29, 1.82) is 0 Å². The summed E-state index contributed by atoms with van der Waals surface area (Å²) in [6.07, 6.45) is 1.63. The third-order valence-electron chi connectivity index (χ3n) is 4.86. The number of fused-ring (bicyclic) bond motifs is 1. The zero-order valence-electron chi connectivity index (χ0n) is 15.5. The fourth-order valence-corrected chi connectivity index (χ4v) is 3.50. The van der Waals surface area contributed by atoms with Gasteiger partial charge in [0.1, 0.15) is 6.54 Å². The Bertz CT molecular complexity index is 1070. The van der Waals surface area contributed by atoms with E-state index in [2.05, 4.69) is 27.3 Å². The van der Waals surface area contributed by atoms with E-state index < -0.39 is 0 Å². The van der Waals surface area contributed by atoms with Gasteiger partial charge in [-0.25, -0.2) is 9.48 Å². The SMILES string of the molecule is CN1CCN(c2ccc(Cl)cc2NC(=O)Cn2nc3ccccn3c2=O)CC1. The van der Waals surface area contributed by atoms with Crippen LogP contribution in [0.15, 0.2) is 47.4 Å². The second-order valence-electron chi connectivity index (χ2n) is 6.87. The number of anilines is 2. The first-order chi connectivity index (χ1) is 13.5. The molecule has 0 radical (unpaired) electrons. The van der Waals surface area contributed by atoms with Crippen LogP contribution in [0.5, 0.6) is 0 Å². The van der Waals surface area contributed by atoms with Crippen LogP contribution in [-0.2, 0) is 11.3 Å². The van der Waals surface area contributed by atoms with Crippen molar-refractivity contribution in [3.05, 3.63) is 58.1 Å². The molecule has 0 bridgehead atoms. The van der Waals surface area contributed by atoms with Crippen LogP contribution >= 0.6 is 11.6 Å². The Morgan fingerprint density at radius 3 is 2.71 bits per heavy atom. The molecule has 1 fully saturated rings. The summed E-state index contributed by atoms with van der Waals surface area (Å²) in [5.74, 6) is -0.330. The van der Waals surface area contributed by atoms with Crippen molar-refractivity contribution in [2.24, 2.45) is 0 Å². The molecule has 0 unspecified atom stereocenters. The predicted molar refractivity (Wildman–Crippen MR) is 109 cm³/mol. The number of benzene rings is 1. The number of halogens is 1. The second-order valence-corrected chi connectivity index (χ2v) is 7.31. The van der Waals surface area contributed by atoms with Crippen molar-refractivity contribution >= 4 is 34.5 Å². The molecule has 28 heavy (non-hydrogen) atoms. The Morgan fingerprint density at radius 2 is 1.96 bits per heavy atom. The summed E-state index contributed by atoms with van der Waals surface area (Å²) in [5, 5.41) is 7.63. The molecule has 2 aromatic heterocycles. The lowest BCUT2D eigenvalue weighted by Crippen LogP contribution is -2.44. The number of hydrogen-bond acceptors (Lipinski definition) is 5. The standard InChI is InChI=1S/C19H21ClN6O2/c1-23-8-10-24(11-9-23)16-6-5-14(20)12-15(16)21-18(27)13-26-19(28)25-7-3-2-4-17(25)22-26/h2-7,12H,8-11,13H2,1H3,(H,21,27). The predicted octanol–water partition coefficient (Wildman–Crippen LogP) is 1.54. The molecule has 1 aromatic carbocycles. The summed E-state index contributed by atoms with van der Waals surface area (Å²) in [6.45, 7) is 3.47. The quantitative estimate of drug-likeness (QED) is 0.719. The lowest BCUT2D eigenvalue weighted by molar-refractivity contribution is -0.117. The number of amides is 1. The van der Waals surface area contributed by atoms with E-state index in [4.69, 9.17) is 11.6 Å². The highest BCUT2D eigenvalue weighted by Crippen LogP contribution is 2.30. The molecule has 0 aliphatic carbocycles. The second kappa shape index (κ2) is 7.65. The number of nitrogens with zero attached hydrogens (tertiary/aromatic N) is 5. The van der Waals surface area contributed by atoms with Crippen molar-refractivity contribution < 1.29 is 4.79 Å². The van der Waals surface area contributed by atoms with Gasteiger partial charge in [0.15, 0.2) is 5.65 Å². The van der Waals surface area contributed by atoms with Crippen molar-refractivity contribution in [3.63, 3.8) is 0 Å². The molecular formula is C19H21ClN6O2. The van der Waals surface area contributed by atoms with Gasteiger partial charge in [-0.15, -0.1) is 5.10 Å². The normalized spacial score (nSPS) is 15.1. The maximum absolute atomic E-state index is 12.6. The van der Waals surface area contributed by atoms with E-state index in [-0.39, 0.29) is 18.1 Å². The van der Waals surface area contributed by atoms with E-state index in [0.717, 1.165) is 36.5 Å². The molecule has 1 aliphatic rings. The highest BCUT2D eigenvalue weighted by molar-refractivity contribution is 6.31. The van der Waals surface area contributed by atoms with Crippen molar-refractivity contribution in [1.82, 2.24) is 19.1 Å². The summed E-state index contributed by atoms with van der Waals surface area (Å²) in [6, 6.07) is 10.7. The number of pyridine rings is 1. The molecule has 3 aromatic rings. The molecule has 4 rings (SSSR count). The maximum atomic E-state index is 12.6. The maximum Gasteiger partial charge on any atom is 0.350 e. The van der Waals surface area contributed by atoms with Crippen LogP contribution in [0.4, 0.5) is 11.4 Å². The molecule has 0 atom stereocenters. The fraction of sp³-hybridized carbons (Fsp3) is 0.316. The van der Waals surface area contributed by atoms with Crippen LogP contribution < -0.4 is 15.9 Å². The van der Waals surface area contributed by atoms with Crippen LogP contribution in [-0.4, -0.2) is 58.2 Å². The zero-order chi connectivity index (χ0) is 19.7. The van der Waals surface area contributed by atoms with Gasteiger partial charge in [0, 0.05) is 37.4 Å². The lowest BCUT2D eigenvalue weighted by atomic mass is 10.2. The van der Waals surface area contributed by atoms with E-state index in [9.17, 15) is 9.59 Å². The molecule has 0 saturated carbocycles. The Kier molecular flexibility index (Phi) is 5.06. The first-order valence-corrected chi connectivity index (χ1v) is 9.46. The molecule has 3 heterocycles. The zero-order valence-corrected chi connectivity index (χ0v) is 16.3. The number of rotatable bonds is 4. The average molecular weight is 401 g/mol. The molecule has 1 amide bonds. The van der Waals surface area contributed by atoms with E-state index in [1.165, 1.54) is 4.40 Å². The van der Waals surface area contributed by atoms with Crippen molar-refractivity contribution in [2.45, 2.75) is 6.54 Å². The topological polar surface area (TPSA) is 74.9 Å². The minimum atomic E-state index is -0.351. The largest absolute Gasteiger partial charge is 0.367 e. The molecule has 1 N–H and O–H groups in total. The number of piperazine rings is 1. The van der Waals surface area contributed by atoms with Crippen molar-refractivity contribution in [2.75, 3.05) is 43.4 Å². The van der Waals surface area contributed by atoms with Crippen LogP contribution in [0.2, 0.25) is 5.02 Å². The molecule has 8 nitrogen and oxygen atoms in total. The smallest absolute Gasteiger partial charge is 0.350 e. The van der Waals surface area contributed by atoms with Gasteiger partial charge in [-0.3, -0.25) is 9.20 Å². The fourth-order valence-electron chi connectivity index (χ4n) is 3.33.